The molecule has 0 aliphatic carbocycles. The maximum Gasteiger partial charge on any atom is 0.264 e. The second kappa shape index (κ2) is 9.92. The molecule has 1 aliphatic rings. The number of amides is 2. The van der Waals surface area contributed by atoms with E-state index in [-0.39, 0.29) is 10.8 Å². The second-order valence-corrected chi connectivity index (χ2v) is 10.6. The summed E-state index contributed by atoms with van der Waals surface area (Å²) in [6, 6.07) is 18.9. The molecular formula is C27H29N3O4S. The molecular weight excluding hydrogens is 462 g/mol. The average molecular weight is 492 g/mol. The van der Waals surface area contributed by atoms with Gasteiger partial charge in [-0.1, -0.05) is 36.4 Å². The van der Waals surface area contributed by atoms with Crippen molar-refractivity contribution >= 4 is 38.9 Å². The van der Waals surface area contributed by atoms with Gasteiger partial charge in [-0.15, -0.1) is 0 Å². The molecule has 3 aromatic rings. The van der Waals surface area contributed by atoms with Gasteiger partial charge >= 0.3 is 0 Å². The van der Waals surface area contributed by atoms with Crippen molar-refractivity contribution in [2.45, 2.75) is 38.5 Å². The van der Waals surface area contributed by atoms with Crippen LogP contribution in [0.25, 0.3) is 0 Å². The van der Waals surface area contributed by atoms with E-state index in [9.17, 15) is 18.0 Å². The van der Waals surface area contributed by atoms with Crippen LogP contribution in [0.2, 0.25) is 0 Å². The number of benzene rings is 3. The third-order valence-corrected chi connectivity index (χ3v) is 8.09. The molecule has 2 amide bonds. The second-order valence-electron chi connectivity index (χ2n) is 8.74. The summed E-state index contributed by atoms with van der Waals surface area (Å²) in [5.41, 5.74) is 4.36. The molecule has 1 heterocycles. The van der Waals surface area contributed by atoms with Crippen molar-refractivity contribution in [2.75, 3.05) is 27.6 Å². The number of hydrogen-bond acceptors (Lipinski definition) is 4. The highest BCUT2D eigenvalue weighted by Crippen LogP contribution is 2.30. The summed E-state index contributed by atoms with van der Waals surface area (Å²) in [4.78, 5) is 27.2. The van der Waals surface area contributed by atoms with Crippen LogP contribution in [0.3, 0.4) is 0 Å². The Bertz CT molecular complexity index is 1370. The van der Waals surface area contributed by atoms with Crippen LogP contribution in [0.4, 0.5) is 17.1 Å². The van der Waals surface area contributed by atoms with Gasteiger partial charge in [0.05, 0.1) is 10.6 Å². The lowest BCUT2D eigenvalue weighted by Gasteiger charge is -2.26. The van der Waals surface area contributed by atoms with Gasteiger partial charge in [0.2, 0.25) is 11.8 Å². The number of nitrogens with one attached hydrogen (secondary N) is 1. The van der Waals surface area contributed by atoms with Gasteiger partial charge in [-0.05, 0) is 74.2 Å². The molecule has 0 bridgehead atoms. The minimum Gasteiger partial charge on any atom is -0.324 e. The Balaban J connectivity index is 1.65. The van der Waals surface area contributed by atoms with E-state index < -0.39 is 22.5 Å². The Morgan fingerprint density at radius 3 is 2.40 bits per heavy atom. The number of aryl methyl sites for hydroxylation is 2. The molecule has 3 aromatic carbocycles. The highest BCUT2D eigenvalue weighted by molar-refractivity contribution is 7.92. The van der Waals surface area contributed by atoms with Gasteiger partial charge in [-0.3, -0.25) is 13.9 Å². The van der Waals surface area contributed by atoms with Crippen LogP contribution in [0.1, 0.15) is 29.5 Å². The van der Waals surface area contributed by atoms with Gasteiger partial charge < -0.3 is 10.2 Å². The van der Waals surface area contributed by atoms with Gasteiger partial charge in [0.1, 0.15) is 6.54 Å². The zero-order valence-corrected chi connectivity index (χ0v) is 20.9. The van der Waals surface area contributed by atoms with Crippen LogP contribution < -0.4 is 14.5 Å². The molecule has 0 saturated carbocycles. The Hall–Kier alpha value is -3.65. The quantitative estimate of drug-likeness (QED) is 0.524. The van der Waals surface area contributed by atoms with Crippen molar-refractivity contribution in [3.8, 4) is 0 Å². The first-order chi connectivity index (χ1) is 16.7. The molecule has 0 spiro atoms. The van der Waals surface area contributed by atoms with Crippen LogP contribution >= 0.6 is 0 Å². The smallest absolute Gasteiger partial charge is 0.264 e. The predicted molar refractivity (Wildman–Crippen MR) is 138 cm³/mol. The van der Waals surface area contributed by atoms with E-state index in [1.165, 1.54) is 12.1 Å². The van der Waals surface area contributed by atoms with E-state index in [1.807, 2.05) is 32.9 Å². The molecule has 1 fully saturated rings. The Morgan fingerprint density at radius 2 is 1.71 bits per heavy atom. The first-order valence-corrected chi connectivity index (χ1v) is 13.0. The SMILES string of the molecule is Cc1ccc(NC(=O)CN(c2cccc(C)c2C)S(=O)(=O)c2ccccc2)cc1N1CCCC1=O. The molecule has 8 heteroatoms. The largest absolute Gasteiger partial charge is 0.324 e. The van der Waals surface area contributed by atoms with Crippen LogP contribution in [0.5, 0.6) is 0 Å². The summed E-state index contributed by atoms with van der Waals surface area (Å²) in [5.74, 6) is -0.417. The van der Waals surface area contributed by atoms with Crippen molar-refractivity contribution in [3.05, 3.63) is 83.4 Å². The molecule has 7 nitrogen and oxygen atoms in total. The third-order valence-electron chi connectivity index (χ3n) is 6.32. The number of nitrogens with zero attached hydrogens (tertiary/aromatic N) is 2. The minimum absolute atomic E-state index is 0.0617. The normalized spacial score (nSPS) is 13.7. The molecule has 0 radical (unpaired) electrons. The van der Waals surface area contributed by atoms with E-state index in [0.717, 1.165) is 33.1 Å². The number of carbonyl (C=O) groups is 2. The number of rotatable bonds is 7. The molecule has 0 atom stereocenters. The maximum absolute atomic E-state index is 13.6. The topological polar surface area (TPSA) is 86.8 Å². The van der Waals surface area contributed by atoms with Crippen LogP contribution in [0.15, 0.2) is 71.6 Å². The zero-order chi connectivity index (χ0) is 25.2. The molecule has 1 N–H and O–H groups in total. The van der Waals surface area contributed by atoms with E-state index in [1.54, 1.807) is 47.4 Å². The predicted octanol–water partition coefficient (Wildman–Crippen LogP) is 4.57. The van der Waals surface area contributed by atoms with Crippen molar-refractivity contribution in [2.24, 2.45) is 0 Å². The Morgan fingerprint density at radius 1 is 0.971 bits per heavy atom. The molecule has 0 aromatic heterocycles. The van der Waals surface area contributed by atoms with E-state index in [0.29, 0.717) is 24.3 Å². The fourth-order valence-corrected chi connectivity index (χ4v) is 5.74. The summed E-state index contributed by atoms with van der Waals surface area (Å²) in [6.07, 6.45) is 1.31. The lowest BCUT2D eigenvalue weighted by molar-refractivity contribution is -0.117. The fourth-order valence-electron chi connectivity index (χ4n) is 4.24. The van der Waals surface area contributed by atoms with Crippen LogP contribution in [-0.2, 0) is 19.6 Å². The lowest BCUT2D eigenvalue weighted by Crippen LogP contribution is -2.38. The number of carbonyl (C=O) groups excluding carboxylic acids is 2. The fraction of sp³-hybridized carbons (Fsp3) is 0.259. The molecule has 1 aliphatic heterocycles. The summed E-state index contributed by atoms with van der Waals surface area (Å²) >= 11 is 0. The highest BCUT2D eigenvalue weighted by Gasteiger charge is 2.29. The Kier molecular flexibility index (Phi) is 6.93. The first-order valence-electron chi connectivity index (χ1n) is 11.5. The average Bonchev–Trinajstić information content (AvgIpc) is 3.27. The van der Waals surface area contributed by atoms with Gasteiger partial charge in [-0.25, -0.2) is 8.42 Å². The van der Waals surface area contributed by atoms with Gasteiger partial charge in [0, 0.05) is 24.3 Å². The zero-order valence-electron chi connectivity index (χ0n) is 20.1. The van der Waals surface area contributed by atoms with Crippen molar-refractivity contribution in [1.29, 1.82) is 0 Å². The van der Waals surface area contributed by atoms with E-state index in [2.05, 4.69) is 5.32 Å². The van der Waals surface area contributed by atoms with Gasteiger partial charge in [0.25, 0.3) is 10.0 Å². The summed E-state index contributed by atoms with van der Waals surface area (Å²) in [5, 5.41) is 2.82. The molecule has 4 rings (SSSR count). The molecule has 182 valence electrons. The number of anilines is 3. The summed E-state index contributed by atoms with van der Waals surface area (Å²) in [6.45, 7) is 5.91. The van der Waals surface area contributed by atoms with Crippen molar-refractivity contribution in [1.82, 2.24) is 0 Å². The molecule has 35 heavy (non-hydrogen) atoms. The van der Waals surface area contributed by atoms with Crippen molar-refractivity contribution < 1.29 is 18.0 Å². The van der Waals surface area contributed by atoms with E-state index >= 15 is 0 Å². The minimum atomic E-state index is -4.00. The summed E-state index contributed by atoms with van der Waals surface area (Å²) < 4.78 is 28.3. The van der Waals surface area contributed by atoms with Crippen LogP contribution in [-0.4, -0.2) is 33.3 Å². The lowest BCUT2D eigenvalue weighted by atomic mass is 10.1. The Labute approximate surface area is 206 Å². The molecule has 0 unspecified atom stereocenters. The number of hydrogen-bond donors (Lipinski definition) is 1. The number of sulfonamides is 1. The molecule has 1 saturated heterocycles. The van der Waals surface area contributed by atoms with E-state index in [4.69, 9.17) is 0 Å². The highest BCUT2D eigenvalue weighted by atomic mass is 32.2. The van der Waals surface area contributed by atoms with Crippen LogP contribution in [0, 0.1) is 20.8 Å². The van der Waals surface area contributed by atoms with Gasteiger partial charge in [0.15, 0.2) is 0 Å². The maximum atomic E-state index is 13.6. The standard InChI is InChI=1S/C27H29N3O4S/c1-19-9-7-12-24(21(19)3)30(35(33,34)23-10-5-4-6-11-23)18-26(31)28-22-15-14-20(2)25(17-22)29-16-8-13-27(29)32/h4-7,9-12,14-15,17H,8,13,16,18H2,1-3H3,(H,28,31). The van der Waals surface area contributed by atoms with Crippen molar-refractivity contribution in [3.63, 3.8) is 0 Å². The van der Waals surface area contributed by atoms with Gasteiger partial charge in [-0.2, -0.15) is 0 Å². The summed E-state index contributed by atoms with van der Waals surface area (Å²) in [7, 11) is -4.00. The first kappa shape index (κ1) is 24.5. The monoisotopic (exact) mass is 491 g/mol. The third kappa shape index (κ3) is 5.07.